The number of hydrogen-bond donors (Lipinski definition) is 0. The van der Waals surface area contributed by atoms with Gasteiger partial charge in [-0.05, 0) is 12.8 Å². The minimum Gasteiger partial charge on any atom is -0.466 e. The van der Waals surface area contributed by atoms with Crippen LogP contribution >= 0.6 is 0 Å². The Morgan fingerprint density at radius 1 is 1.56 bits per heavy atom. The maximum atomic E-state index is 11.5. The summed E-state index contributed by atoms with van der Waals surface area (Å²) >= 11 is 0. The number of methoxy groups -OCH3 is 1. The van der Waals surface area contributed by atoms with Gasteiger partial charge in [0.05, 0.1) is 7.11 Å². The first-order chi connectivity index (χ1) is 7.69. The number of allylic oxidation sites excluding steroid dienone is 1. The number of hydrogen-bond acceptors (Lipinski definition) is 4. The van der Waals surface area contributed by atoms with Crippen LogP contribution in [0.5, 0.6) is 0 Å². The summed E-state index contributed by atoms with van der Waals surface area (Å²) in [5.41, 5.74) is 0.640. The third-order valence-corrected chi connectivity index (χ3v) is 2.19. The fraction of sp³-hybridized carbons (Fsp3) is 0.455. The second-order valence-corrected chi connectivity index (χ2v) is 3.28. The van der Waals surface area contributed by atoms with E-state index in [-0.39, 0.29) is 6.61 Å². The molecule has 0 aromatic carbocycles. The van der Waals surface area contributed by atoms with E-state index in [1.165, 1.54) is 24.2 Å². The van der Waals surface area contributed by atoms with Crippen LogP contribution in [0.1, 0.15) is 12.8 Å². The standard InChI is InChI=1S/C11H15NO4/c1-3-7-16-11(14)12-6-4-5-9(12)8-10(13)15-2/h3,8H,1,4-7H2,2H3. The minimum absolute atomic E-state index is 0.167. The van der Waals surface area contributed by atoms with E-state index >= 15 is 0 Å². The molecule has 0 aliphatic carbocycles. The molecule has 88 valence electrons. The van der Waals surface area contributed by atoms with Crippen molar-refractivity contribution in [1.82, 2.24) is 4.90 Å². The molecule has 5 heteroatoms. The third-order valence-electron chi connectivity index (χ3n) is 2.19. The summed E-state index contributed by atoms with van der Waals surface area (Å²) in [6, 6.07) is 0. The maximum absolute atomic E-state index is 11.5. The highest BCUT2D eigenvalue weighted by Crippen LogP contribution is 2.21. The van der Waals surface area contributed by atoms with E-state index < -0.39 is 12.1 Å². The Labute approximate surface area is 94.3 Å². The lowest BCUT2D eigenvalue weighted by Crippen LogP contribution is -2.27. The summed E-state index contributed by atoms with van der Waals surface area (Å²) in [5, 5.41) is 0. The second kappa shape index (κ2) is 5.95. The number of amides is 1. The van der Waals surface area contributed by atoms with E-state index in [0.29, 0.717) is 18.7 Å². The number of carbonyl (C=O) groups is 2. The molecule has 1 fully saturated rings. The summed E-state index contributed by atoms with van der Waals surface area (Å²) < 4.78 is 9.41. The van der Waals surface area contributed by atoms with Crippen molar-refractivity contribution < 1.29 is 19.1 Å². The van der Waals surface area contributed by atoms with Crippen LogP contribution < -0.4 is 0 Å². The molecule has 1 aliphatic heterocycles. The zero-order valence-corrected chi connectivity index (χ0v) is 9.27. The molecule has 5 nitrogen and oxygen atoms in total. The van der Waals surface area contributed by atoms with Gasteiger partial charge in [0.2, 0.25) is 0 Å². The fourth-order valence-electron chi connectivity index (χ4n) is 1.46. The van der Waals surface area contributed by atoms with Gasteiger partial charge >= 0.3 is 12.1 Å². The predicted octanol–water partition coefficient (Wildman–Crippen LogP) is 1.46. The molecule has 0 aromatic heterocycles. The first-order valence-electron chi connectivity index (χ1n) is 5.02. The topological polar surface area (TPSA) is 55.8 Å². The van der Waals surface area contributed by atoms with Crippen molar-refractivity contribution in [2.24, 2.45) is 0 Å². The van der Waals surface area contributed by atoms with Gasteiger partial charge in [-0.3, -0.25) is 4.90 Å². The Kier molecular flexibility index (Phi) is 4.57. The van der Waals surface area contributed by atoms with Gasteiger partial charge in [0.1, 0.15) is 6.61 Å². The second-order valence-electron chi connectivity index (χ2n) is 3.28. The third kappa shape index (κ3) is 3.12. The van der Waals surface area contributed by atoms with Gasteiger partial charge < -0.3 is 9.47 Å². The van der Waals surface area contributed by atoms with Crippen LogP contribution in [0.2, 0.25) is 0 Å². The monoisotopic (exact) mass is 225 g/mol. The number of carbonyl (C=O) groups excluding carboxylic acids is 2. The molecular formula is C11H15NO4. The van der Waals surface area contributed by atoms with Crippen molar-refractivity contribution in [1.29, 1.82) is 0 Å². The summed E-state index contributed by atoms with van der Waals surface area (Å²) in [6.07, 6.45) is 3.87. The van der Waals surface area contributed by atoms with Crippen LogP contribution in [0.15, 0.2) is 24.4 Å². The molecule has 0 aromatic rings. The lowest BCUT2D eigenvalue weighted by Gasteiger charge is -2.16. The predicted molar refractivity (Wildman–Crippen MR) is 57.6 cm³/mol. The molecule has 1 amide bonds. The maximum Gasteiger partial charge on any atom is 0.414 e. The van der Waals surface area contributed by atoms with Crippen LogP contribution in [-0.4, -0.2) is 37.2 Å². The van der Waals surface area contributed by atoms with Crippen molar-refractivity contribution in [3.05, 3.63) is 24.4 Å². The van der Waals surface area contributed by atoms with Gasteiger partial charge in [-0.1, -0.05) is 12.7 Å². The van der Waals surface area contributed by atoms with E-state index in [1.807, 2.05) is 0 Å². The zero-order valence-electron chi connectivity index (χ0n) is 9.27. The Morgan fingerprint density at radius 2 is 2.31 bits per heavy atom. The number of esters is 1. The normalized spacial score (nSPS) is 17.3. The Bertz CT molecular complexity index is 322. The van der Waals surface area contributed by atoms with Crippen LogP contribution in [0, 0.1) is 0 Å². The molecule has 1 saturated heterocycles. The van der Waals surface area contributed by atoms with Crippen molar-refractivity contribution in [2.45, 2.75) is 12.8 Å². The highest BCUT2D eigenvalue weighted by molar-refractivity contribution is 5.84. The van der Waals surface area contributed by atoms with E-state index in [4.69, 9.17) is 4.74 Å². The minimum atomic E-state index is -0.460. The number of likely N-dealkylation sites (tertiary alicyclic amines) is 1. The van der Waals surface area contributed by atoms with E-state index in [0.717, 1.165) is 6.42 Å². The van der Waals surface area contributed by atoms with Crippen LogP contribution in [-0.2, 0) is 14.3 Å². The van der Waals surface area contributed by atoms with Gasteiger partial charge in [0.15, 0.2) is 0 Å². The van der Waals surface area contributed by atoms with E-state index in [2.05, 4.69) is 11.3 Å². The van der Waals surface area contributed by atoms with Crippen LogP contribution in [0.3, 0.4) is 0 Å². The summed E-state index contributed by atoms with van der Waals surface area (Å²) in [7, 11) is 1.30. The van der Waals surface area contributed by atoms with Crippen molar-refractivity contribution in [3.63, 3.8) is 0 Å². The average molecular weight is 225 g/mol. The molecule has 1 rings (SSSR count). The molecule has 0 spiro atoms. The van der Waals surface area contributed by atoms with Crippen LogP contribution in [0.4, 0.5) is 4.79 Å². The molecule has 1 aliphatic rings. The molecular weight excluding hydrogens is 210 g/mol. The smallest absolute Gasteiger partial charge is 0.414 e. The molecule has 0 saturated carbocycles. The zero-order chi connectivity index (χ0) is 12.0. The highest BCUT2D eigenvalue weighted by Gasteiger charge is 2.25. The van der Waals surface area contributed by atoms with Gasteiger partial charge in [-0.2, -0.15) is 0 Å². The quantitative estimate of drug-likeness (QED) is 0.414. The molecule has 0 N–H and O–H groups in total. The Hall–Kier alpha value is -1.78. The summed E-state index contributed by atoms with van der Waals surface area (Å²) in [6.45, 7) is 4.19. The van der Waals surface area contributed by atoms with Crippen molar-refractivity contribution in [3.8, 4) is 0 Å². The molecule has 0 atom stereocenters. The van der Waals surface area contributed by atoms with E-state index in [1.54, 1.807) is 0 Å². The number of ether oxygens (including phenoxy) is 2. The lowest BCUT2D eigenvalue weighted by atomic mass is 10.3. The van der Waals surface area contributed by atoms with Gasteiger partial charge in [-0.25, -0.2) is 9.59 Å². The average Bonchev–Trinajstić information content (AvgIpc) is 2.73. The Morgan fingerprint density at radius 3 is 2.94 bits per heavy atom. The largest absolute Gasteiger partial charge is 0.466 e. The van der Waals surface area contributed by atoms with Crippen molar-refractivity contribution >= 4 is 12.1 Å². The molecule has 1 heterocycles. The molecule has 0 radical (unpaired) electrons. The van der Waals surface area contributed by atoms with E-state index in [9.17, 15) is 9.59 Å². The molecule has 0 unspecified atom stereocenters. The SMILES string of the molecule is C=CCOC(=O)N1CCCC1=CC(=O)OC. The number of nitrogens with zero attached hydrogens (tertiary/aromatic N) is 1. The highest BCUT2D eigenvalue weighted by atomic mass is 16.6. The number of rotatable bonds is 3. The first-order valence-corrected chi connectivity index (χ1v) is 5.02. The first kappa shape index (κ1) is 12.3. The van der Waals surface area contributed by atoms with Gasteiger partial charge in [0.25, 0.3) is 0 Å². The van der Waals surface area contributed by atoms with Gasteiger partial charge in [-0.15, -0.1) is 0 Å². The van der Waals surface area contributed by atoms with Crippen molar-refractivity contribution in [2.75, 3.05) is 20.3 Å². The molecule has 16 heavy (non-hydrogen) atoms. The molecule has 0 bridgehead atoms. The lowest BCUT2D eigenvalue weighted by molar-refractivity contribution is -0.134. The van der Waals surface area contributed by atoms with Gasteiger partial charge in [0, 0.05) is 18.3 Å². The summed E-state index contributed by atoms with van der Waals surface area (Å²) in [5.74, 6) is -0.460. The van der Waals surface area contributed by atoms with Crippen LogP contribution in [0.25, 0.3) is 0 Å². The fourth-order valence-corrected chi connectivity index (χ4v) is 1.46. The summed E-state index contributed by atoms with van der Waals surface area (Å²) in [4.78, 5) is 24.0. The Balaban J connectivity index is 2.64.